The van der Waals surface area contributed by atoms with Gasteiger partial charge in [0.15, 0.2) is 6.10 Å². The number of unbranched alkanes of at least 4 members (excludes halogenated alkanes) is 7. The van der Waals surface area contributed by atoms with Crippen molar-refractivity contribution >= 4 is 5.97 Å². The highest BCUT2D eigenvalue weighted by atomic mass is 19.1. The van der Waals surface area contributed by atoms with Crippen LogP contribution < -0.4 is 4.74 Å². The molecular weight excluding hydrogens is 541 g/mol. The highest BCUT2D eigenvalue weighted by Crippen LogP contribution is 2.41. The molecule has 0 aliphatic heterocycles. The molecule has 0 radical (unpaired) electrons. The SMILES string of the molecule is CCCCCCCCCCOc1ccc(CCN(C)CCC(OC[C@@H]2CCc3cc(F)ccc3[C@@H]2C(C)C)C(=O)O)cc1. The lowest BCUT2D eigenvalue weighted by Crippen LogP contribution is -2.34. The average Bonchev–Trinajstić information content (AvgIpc) is 2.99. The zero-order valence-electron chi connectivity index (χ0n) is 27.2. The number of benzene rings is 2. The Bertz CT molecular complexity index is 1070. The molecular formula is C37H56FNO4. The third-order valence-corrected chi connectivity index (χ3v) is 9.01. The van der Waals surface area contributed by atoms with E-state index in [1.54, 1.807) is 6.07 Å². The molecule has 0 saturated carbocycles. The Morgan fingerprint density at radius 3 is 2.37 bits per heavy atom. The number of nitrogens with zero attached hydrogens (tertiary/aromatic N) is 1. The molecule has 0 heterocycles. The molecule has 0 spiro atoms. The van der Waals surface area contributed by atoms with E-state index in [1.165, 1.54) is 62.1 Å². The summed E-state index contributed by atoms with van der Waals surface area (Å²) >= 11 is 0. The van der Waals surface area contributed by atoms with Crippen LogP contribution in [0, 0.1) is 17.7 Å². The molecule has 0 fully saturated rings. The number of halogens is 1. The predicted molar refractivity (Wildman–Crippen MR) is 174 cm³/mol. The summed E-state index contributed by atoms with van der Waals surface area (Å²) in [5, 5.41) is 9.86. The molecule has 0 aromatic heterocycles. The van der Waals surface area contributed by atoms with Crippen LogP contribution in [-0.2, 0) is 22.4 Å². The highest BCUT2D eigenvalue weighted by Gasteiger charge is 2.33. The van der Waals surface area contributed by atoms with E-state index in [0.29, 0.717) is 25.5 Å². The summed E-state index contributed by atoms with van der Waals surface area (Å²) in [6.45, 7) is 9.29. The molecule has 1 N–H and O–H groups in total. The normalized spacial score (nSPS) is 17.3. The first kappa shape index (κ1) is 35.0. The van der Waals surface area contributed by atoms with E-state index >= 15 is 0 Å². The number of hydrogen-bond acceptors (Lipinski definition) is 4. The second kappa shape index (κ2) is 19.1. The van der Waals surface area contributed by atoms with Gasteiger partial charge in [-0.1, -0.05) is 83.9 Å². The van der Waals surface area contributed by atoms with Gasteiger partial charge in [0.1, 0.15) is 11.6 Å². The van der Waals surface area contributed by atoms with Gasteiger partial charge < -0.3 is 19.5 Å². The van der Waals surface area contributed by atoms with Crippen LogP contribution in [0.25, 0.3) is 0 Å². The molecule has 3 rings (SSSR count). The maximum Gasteiger partial charge on any atom is 0.332 e. The van der Waals surface area contributed by atoms with Crippen molar-refractivity contribution in [1.82, 2.24) is 4.90 Å². The number of aryl methyl sites for hydroxylation is 1. The van der Waals surface area contributed by atoms with Crippen LogP contribution in [-0.4, -0.2) is 55.4 Å². The van der Waals surface area contributed by atoms with Crippen molar-refractivity contribution in [3.05, 3.63) is 65.0 Å². The number of aliphatic carboxylic acids is 1. The van der Waals surface area contributed by atoms with Gasteiger partial charge in [-0.05, 0) is 97.9 Å². The van der Waals surface area contributed by atoms with Crippen molar-refractivity contribution in [2.45, 2.75) is 110 Å². The van der Waals surface area contributed by atoms with E-state index in [2.05, 4.69) is 49.9 Å². The van der Waals surface area contributed by atoms with E-state index < -0.39 is 12.1 Å². The van der Waals surface area contributed by atoms with Gasteiger partial charge in [-0.3, -0.25) is 0 Å². The van der Waals surface area contributed by atoms with Gasteiger partial charge >= 0.3 is 5.97 Å². The Balaban J connectivity index is 1.35. The number of hydrogen-bond donors (Lipinski definition) is 1. The van der Waals surface area contributed by atoms with E-state index in [0.717, 1.165) is 50.1 Å². The third kappa shape index (κ3) is 12.2. The molecule has 2 aromatic carbocycles. The first-order valence-electron chi connectivity index (χ1n) is 16.8. The van der Waals surface area contributed by atoms with Crippen LogP contribution in [0.3, 0.4) is 0 Å². The van der Waals surface area contributed by atoms with Crippen molar-refractivity contribution in [1.29, 1.82) is 0 Å². The molecule has 0 bridgehead atoms. The van der Waals surface area contributed by atoms with Gasteiger partial charge in [0, 0.05) is 13.1 Å². The molecule has 1 aliphatic rings. The van der Waals surface area contributed by atoms with Crippen molar-refractivity contribution in [2.24, 2.45) is 11.8 Å². The summed E-state index contributed by atoms with van der Waals surface area (Å²) in [5.74, 6) is 0.655. The Morgan fingerprint density at radius 1 is 1.00 bits per heavy atom. The lowest BCUT2D eigenvalue weighted by Gasteiger charge is -2.36. The summed E-state index contributed by atoms with van der Waals surface area (Å²) in [6, 6.07) is 13.5. The maximum absolute atomic E-state index is 13.8. The van der Waals surface area contributed by atoms with E-state index in [1.807, 2.05) is 13.1 Å². The van der Waals surface area contributed by atoms with E-state index in [4.69, 9.17) is 9.47 Å². The summed E-state index contributed by atoms with van der Waals surface area (Å²) in [5.41, 5.74) is 3.51. The molecule has 0 amide bonds. The van der Waals surface area contributed by atoms with Crippen LogP contribution in [0.2, 0.25) is 0 Å². The van der Waals surface area contributed by atoms with E-state index in [-0.39, 0.29) is 17.7 Å². The monoisotopic (exact) mass is 597 g/mol. The number of ether oxygens (including phenoxy) is 2. The van der Waals surface area contributed by atoms with Crippen LogP contribution in [0.1, 0.15) is 108 Å². The standard InChI is InChI=1S/C37H56FNO4/c1-5-6-7-8-9-10-11-12-25-42-33-18-13-29(14-19-33)21-23-39(4)24-22-35(37(40)41)43-27-31-16-15-30-26-32(38)17-20-34(30)36(31)28(2)3/h13-14,17-20,26,28,31,35-36H,5-12,15-16,21-25,27H2,1-4H3,(H,40,41)/t31-,35?,36+/m0/s1. The first-order chi connectivity index (χ1) is 20.8. The zero-order valence-corrected chi connectivity index (χ0v) is 27.2. The van der Waals surface area contributed by atoms with Crippen LogP contribution in [0.4, 0.5) is 4.39 Å². The maximum atomic E-state index is 13.8. The molecule has 5 nitrogen and oxygen atoms in total. The molecule has 3 atom stereocenters. The van der Waals surface area contributed by atoms with Gasteiger partial charge in [-0.15, -0.1) is 0 Å². The zero-order chi connectivity index (χ0) is 31.0. The minimum atomic E-state index is -0.907. The fourth-order valence-electron chi connectivity index (χ4n) is 6.45. The van der Waals surface area contributed by atoms with Crippen LogP contribution in [0.5, 0.6) is 5.75 Å². The van der Waals surface area contributed by atoms with Gasteiger partial charge in [-0.2, -0.15) is 0 Å². The minimum Gasteiger partial charge on any atom is -0.494 e. The third-order valence-electron chi connectivity index (χ3n) is 9.01. The molecule has 2 aromatic rings. The lowest BCUT2D eigenvalue weighted by molar-refractivity contribution is -0.152. The summed E-state index contributed by atoms with van der Waals surface area (Å²) in [4.78, 5) is 14.2. The second-order valence-corrected chi connectivity index (χ2v) is 12.9. The number of carboxylic acids is 1. The number of likely N-dealkylation sites (N-methyl/N-ethyl adjacent to an activating group) is 1. The molecule has 1 unspecified atom stereocenters. The average molecular weight is 598 g/mol. The Morgan fingerprint density at radius 2 is 1.70 bits per heavy atom. The van der Waals surface area contributed by atoms with Crippen LogP contribution >= 0.6 is 0 Å². The number of rotatable bonds is 21. The molecule has 0 saturated heterocycles. The van der Waals surface area contributed by atoms with Crippen molar-refractivity contribution < 1.29 is 23.8 Å². The summed E-state index contributed by atoms with van der Waals surface area (Å²) < 4.78 is 25.8. The quantitative estimate of drug-likeness (QED) is 0.146. The fourth-order valence-corrected chi connectivity index (χ4v) is 6.45. The number of carboxylic acid groups (broad SMARTS) is 1. The lowest BCUT2D eigenvalue weighted by atomic mass is 9.70. The smallest absolute Gasteiger partial charge is 0.332 e. The van der Waals surface area contributed by atoms with Gasteiger partial charge in [0.25, 0.3) is 0 Å². The van der Waals surface area contributed by atoms with Gasteiger partial charge in [-0.25, -0.2) is 9.18 Å². The van der Waals surface area contributed by atoms with Crippen molar-refractivity contribution in [3.63, 3.8) is 0 Å². The number of fused-ring (bicyclic) bond motifs is 1. The van der Waals surface area contributed by atoms with Gasteiger partial charge in [0.05, 0.1) is 13.2 Å². The first-order valence-corrected chi connectivity index (χ1v) is 16.8. The fraction of sp³-hybridized carbons (Fsp3) is 0.649. The molecule has 6 heteroatoms. The van der Waals surface area contributed by atoms with Gasteiger partial charge in [0.2, 0.25) is 0 Å². The Labute approximate surface area is 260 Å². The van der Waals surface area contributed by atoms with Crippen molar-refractivity contribution in [3.8, 4) is 5.75 Å². The minimum absolute atomic E-state index is 0.193. The summed E-state index contributed by atoms with van der Waals surface area (Å²) in [6.07, 6.45) is 12.6. The molecule has 1 aliphatic carbocycles. The predicted octanol–water partition coefficient (Wildman–Crippen LogP) is 8.68. The molecule has 240 valence electrons. The number of carbonyl (C=O) groups is 1. The van der Waals surface area contributed by atoms with E-state index in [9.17, 15) is 14.3 Å². The van der Waals surface area contributed by atoms with Crippen molar-refractivity contribution in [2.75, 3.05) is 33.4 Å². The largest absolute Gasteiger partial charge is 0.494 e. The second-order valence-electron chi connectivity index (χ2n) is 12.9. The Kier molecular flexibility index (Phi) is 15.5. The topological polar surface area (TPSA) is 59.0 Å². The highest BCUT2D eigenvalue weighted by molar-refractivity contribution is 5.72. The summed E-state index contributed by atoms with van der Waals surface area (Å²) in [7, 11) is 2.03. The van der Waals surface area contributed by atoms with Crippen LogP contribution in [0.15, 0.2) is 42.5 Å². The Hall–Kier alpha value is -2.44. The molecule has 43 heavy (non-hydrogen) atoms.